The fourth-order valence-electron chi connectivity index (χ4n) is 1.86. The molecule has 23 heavy (non-hydrogen) atoms. The van der Waals surface area contributed by atoms with E-state index in [1.54, 1.807) is 38.1 Å². The molecule has 1 aromatic heterocycles. The molecule has 1 aromatic carbocycles. The summed E-state index contributed by atoms with van der Waals surface area (Å²) >= 11 is 5.24. The molecule has 7 nitrogen and oxygen atoms in total. The van der Waals surface area contributed by atoms with Gasteiger partial charge in [-0.15, -0.1) is 0 Å². The molecule has 0 atom stereocenters. The number of para-hydroxylation sites is 1. The number of hydrogen-bond acceptors (Lipinski definition) is 7. The number of nitrogens with one attached hydrogen (secondary N) is 1. The number of hydrazone groups is 1. The Morgan fingerprint density at radius 3 is 2.65 bits per heavy atom. The molecular formula is C14H17N2O5PS. The largest absolute Gasteiger partial charge is 0.506 e. The highest BCUT2D eigenvalue weighted by Gasteiger charge is 2.17. The molecule has 0 saturated heterocycles. The Labute approximate surface area is 138 Å². The molecular weight excluding hydrogens is 339 g/mol. The molecule has 0 unspecified atom stereocenters. The van der Waals surface area contributed by atoms with Crippen molar-refractivity contribution in [2.75, 3.05) is 13.2 Å². The number of rotatable bonds is 7. The maximum Gasteiger partial charge on any atom is 0.349 e. The molecule has 2 aromatic rings. The van der Waals surface area contributed by atoms with E-state index >= 15 is 0 Å². The van der Waals surface area contributed by atoms with Gasteiger partial charge in [-0.05, 0) is 37.8 Å². The highest BCUT2D eigenvalue weighted by atomic mass is 32.5. The summed E-state index contributed by atoms with van der Waals surface area (Å²) in [6.07, 6.45) is 1.15. The third kappa shape index (κ3) is 4.17. The number of benzene rings is 1. The van der Waals surface area contributed by atoms with E-state index in [9.17, 15) is 9.90 Å². The number of hydrogen-bond donors (Lipinski definition) is 2. The summed E-state index contributed by atoms with van der Waals surface area (Å²) < 4.78 is 15.8. The maximum absolute atomic E-state index is 11.9. The average Bonchev–Trinajstić information content (AvgIpc) is 2.51. The third-order valence-corrected chi connectivity index (χ3v) is 5.23. The molecule has 0 aliphatic carbocycles. The normalized spacial score (nSPS) is 12.1. The summed E-state index contributed by atoms with van der Waals surface area (Å²) in [5.74, 6) is -0.205. The summed E-state index contributed by atoms with van der Waals surface area (Å²) in [5.41, 5.74) is -0.479. The highest BCUT2D eigenvalue weighted by Crippen LogP contribution is 2.43. The standard InChI is InChI=1S/C14H17N2O5PS/c1-3-19-22(23,20-4-2)16-15-9-11-13(17)10-7-5-6-8-12(10)21-14(11)18/h5-9,17H,3-4H2,1-2H3,(H,16,23)/b15-9+. The van der Waals surface area contributed by atoms with Gasteiger partial charge in [-0.3, -0.25) is 0 Å². The van der Waals surface area contributed by atoms with E-state index in [4.69, 9.17) is 25.3 Å². The smallest absolute Gasteiger partial charge is 0.349 e. The Kier molecular flexibility index (Phi) is 5.90. The monoisotopic (exact) mass is 356 g/mol. The summed E-state index contributed by atoms with van der Waals surface area (Å²) in [6.45, 7) is 1.54. The summed E-state index contributed by atoms with van der Waals surface area (Å²) in [7, 11) is 0. The minimum absolute atomic E-state index is 0.0780. The van der Waals surface area contributed by atoms with Crippen LogP contribution in [0.4, 0.5) is 0 Å². The average molecular weight is 356 g/mol. The Morgan fingerprint density at radius 2 is 2.00 bits per heavy atom. The lowest BCUT2D eigenvalue weighted by molar-refractivity contribution is 0.259. The second-order valence-electron chi connectivity index (χ2n) is 4.34. The second kappa shape index (κ2) is 7.70. The van der Waals surface area contributed by atoms with Crippen molar-refractivity contribution in [1.82, 2.24) is 5.20 Å². The van der Waals surface area contributed by atoms with Gasteiger partial charge in [0.1, 0.15) is 16.9 Å². The van der Waals surface area contributed by atoms with Gasteiger partial charge in [0.05, 0.1) is 24.8 Å². The predicted octanol–water partition coefficient (Wildman–Crippen LogP) is 2.72. The van der Waals surface area contributed by atoms with Crippen LogP contribution in [0.5, 0.6) is 5.75 Å². The zero-order chi connectivity index (χ0) is 16.9. The van der Waals surface area contributed by atoms with E-state index in [-0.39, 0.29) is 11.3 Å². The van der Waals surface area contributed by atoms with Gasteiger partial charge in [-0.2, -0.15) is 5.10 Å². The first-order valence-electron chi connectivity index (χ1n) is 6.95. The van der Waals surface area contributed by atoms with Gasteiger partial charge in [0, 0.05) is 0 Å². The minimum Gasteiger partial charge on any atom is -0.506 e. The van der Waals surface area contributed by atoms with Gasteiger partial charge in [-0.1, -0.05) is 12.1 Å². The number of aromatic hydroxyl groups is 1. The van der Waals surface area contributed by atoms with Crippen molar-refractivity contribution in [3.8, 4) is 5.75 Å². The van der Waals surface area contributed by atoms with Crippen LogP contribution in [0.2, 0.25) is 0 Å². The van der Waals surface area contributed by atoms with E-state index in [0.29, 0.717) is 24.2 Å². The zero-order valence-corrected chi connectivity index (χ0v) is 14.4. The lowest BCUT2D eigenvalue weighted by Gasteiger charge is -2.19. The maximum atomic E-state index is 11.9. The van der Waals surface area contributed by atoms with Crippen LogP contribution >= 0.6 is 6.64 Å². The molecule has 0 aliphatic rings. The van der Waals surface area contributed by atoms with Crippen LogP contribution in [-0.2, 0) is 20.9 Å². The van der Waals surface area contributed by atoms with E-state index in [2.05, 4.69) is 10.3 Å². The molecule has 0 spiro atoms. The molecule has 0 radical (unpaired) electrons. The van der Waals surface area contributed by atoms with Crippen LogP contribution in [-0.4, -0.2) is 24.5 Å². The number of nitrogens with zero attached hydrogens (tertiary/aromatic N) is 1. The molecule has 9 heteroatoms. The van der Waals surface area contributed by atoms with Gasteiger partial charge >= 0.3 is 12.3 Å². The van der Waals surface area contributed by atoms with Gasteiger partial charge in [-0.25, -0.2) is 9.99 Å². The Morgan fingerprint density at radius 1 is 1.35 bits per heavy atom. The van der Waals surface area contributed by atoms with Crippen LogP contribution in [0, 0.1) is 0 Å². The second-order valence-corrected chi connectivity index (χ2v) is 7.49. The molecule has 0 saturated carbocycles. The molecule has 0 amide bonds. The molecule has 0 fully saturated rings. The van der Waals surface area contributed by atoms with E-state index in [1.165, 1.54) is 0 Å². The minimum atomic E-state index is -2.76. The van der Waals surface area contributed by atoms with Crippen LogP contribution in [0.25, 0.3) is 11.0 Å². The lowest BCUT2D eigenvalue weighted by Crippen LogP contribution is -2.12. The Balaban J connectivity index is 2.31. The molecule has 0 aliphatic heterocycles. The van der Waals surface area contributed by atoms with Crippen LogP contribution in [0.15, 0.2) is 38.6 Å². The summed E-state index contributed by atoms with van der Waals surface area (Å²) in [5, 5.41) is 17.1. The van der Waals surface area contributed by atoms with Gasteiger partial charge in [0.15, 0.2) is 0 Å². The van der Waals surface area contributed by atoms with Crippen molar-refractivity contribution in [2.24, 2.45) is 5.10 Å². The third-order valence-electron chi connectivity index (χ3n) is 2.79. The van der Waals surface area contributed by atoms with Crippen molar-refractivity contribution in [3.05, 3.63) is 40.2 Å². The van der Waals surface area contributed by atoms with Gasteiger partial charge in [0.2, 0.25) is 0 Å². The van der Waals surface area contributed by atoms with Crippen LogP contribution in [0.1, 0.15) is 19.4 Å². The van der Waals surface area contributed by atoms with Crippen molar-refractivity contribution in [1.29, 1.82) is 0 Å². The molecule has 124 valence electrons. The molecule has 2 rings (SSSR count). The van der Waals surface area contributed by atoms with Crippen LogP contribution < -0.4 is 10.8 Å². The van der Waals surface area contributed by atoms with Crippen molar-refractivity contribution in [2.45, 2.75) is 13.8 Å². The molecule has 0 bridgehead atoms. The van der Waals surface area contributed by atoms with Crippen molar-refractivity contribution in [3.63, 3.8) is 0 Å². The molecule has 1 heterocycles. The fraction of sp³-hybridized carbons (Fsp3) is 0.286. The van der Waals surface area contributed by atoms with E-state index < -0.39 is 12.3 Å². The zero-order valence-electron chi connectivity index (χ0n) is 12.7. The summed E-state index contributed by atoms with van der Waals surface area (Å²) in [4.78, 5) is 11.9. The summed E-state index contributed by atoms with van der Waals surface area (Å²) in [6, 6.07) is 6.67. The lowest BCUT2D eigenvalue weighted by atomic mass is 10.1. The Bertz CT molecular complexity index is 810. The van der Waals surface area contributed by atoms with Gasteiger partial charge < -0.3 is 18.6 Å². The van der Waals surface area contributed by atoms with Crippen LogP contribution in [0.3, 0.4) is 0 Å². The van der Waals surface area contributed by atoms with Gasteiger partial charge in [0.25, 0.3) is 0 Å². The first kappa shape index (κ1) is 17.6. The van der Waals surface area contributed by atoms with E-state index in [0.717, 1.165) is 6.21 Å². The fourth-order valence-corrected chi connectivity index (χ4v) is 3.70. The number of fused-ring (bicyclic) bond motifs is 1. The first-order chi connectivity index (χ1) is 11.0. The van der Waals surface area contributed by atoms with Crippen molar-refractivity contribution >= 4 is 35.6 Å². The quantitative estimate of drug-likeness (QED) is 0.341. The van der Waals surface area contributed by atoms with Crippen molar-refractivity contribution < 1.29 is 18.6 Å². The SMILES string of the molecule is CCOP(=S)(N/N=C/c1c(O)c2ccccc2oc1=O)OCC. The first-order valence-corrected chi connectivity index (χ1v) is 9.58. The predicted molar refractivity (Wildman–Crippen MR) is 92.4 cm³/mol. The topological polar surface area (TPSA) is 93.3 Å². The molecule has 2 N–H and O–H groups in total. The van der Waals surface area contributed by atoms with E-state index in [1.807, 2.05) is 0 Å². The Hall–Kier alpha value is -1.73. The highest BCUT2D eigenvalue weighted by molar-refractivity contribution is 8.08.